The highest BCUT2D eigenvalue weighted by molar-refractivity contribution is 7.89. The van der Waals surface area contributed by atoms with Gasteiger partial charge in [-0.15, -0.1) is 0 Å². The van der Waals surface area contributed by atoms with Crippen LogP contribution in [0.2, 0.25) is 0 Å². The van der Waals surface area contributed by atoms with Gasteiger partial charge in [0.25, 0.3) is 0 Å². The molecule has 0 saturated heterocycles. The second kappa shape index (κ2) is 6.94. The molecule has 0 atom stereocenters. The number of sulfonamides is 1. The number of para-hydroxylation sites is 1. The fourth-order valence-corrected chi connectivity index (χ4v) is 3.23. The summed E-state index contributed by atoms with van der Waals surface area (Å²) in [5.74, 6) is 0. The van der Waals surface area contributed by atoms with E-state index in [1.807, 2.05) is 24.3 Å². The number of nitrogens with zero attached hydrogens (tertiary/aromatic N) is 2. The van der Waals surface area contributed by atoms with E-state index in [1.165, 1.54) is 4.31 Å². The second-order valence-electron chi connectivity index (χ2n) is 5.28. The van der Waals surface area contributed by atoms with Crippen molar-refractivity contribution in [1.82, 2.24) is 4.31 Å². The first-order valence-corrected chi connectivity index (χ1v) is 8.70. The molecule has 0 saturated carbocycles. The zero-order valence-corrected chi connectivity index (χ0v) is 14.0. The highest BCUT2D eigenvalue weighted by Gasteiger charge is 2.17. The predicted octanol–water partition coefficient (Wildman–Crippen LogP) is 2.96. The van der Waals surface area contributed by atoms with Gasteiger partial charge in [0.2, 0.25) is 10.0 Å². The van der Waals surface area contributed by atoms with Crippen LogP contribution in [-0.4, -0.2) is 33.4 Å². The number of hydrogen-bond donors (Lipinski definition) is 0. The number of rotatable bonds is 6. The summed E-state index contributed by atoms with van der Waals surface area (Å²) in [4.78, 5) is 2.54. The molecule has 2 rings (SSSR count). The first-order chi connectivity index (χ1) is 10.4. The third kappa shape index (κ3) is 3.67. The maximum atomic E-state index is 12.2. The van der Waals surface area contributed by atoms with Crippen LogP contribution in [0.15, 0.2) is 59.5 Å². The molecule has 4 nitrogen and oxygen atoms in total. The van der Waals surface area contributed by atoms with Gasteiger partial charge in [0.15, 0.2) is 0 Å². The van der Waals surface area contributed by atoms with Crippen LogP contribution < -0.4 is 4.90 Å². The molecule has 0 fully saturated rings. The molecule has 0 aliphatic carbocycles. The fraction of sp³-hybridized carbons (Fsp3) is 0.294. The van der Waals surface area contributed by atoms with E-state index in [-0.39, 0.29) is 0 Å². The molecule has 0 unspecified atom stereocenters. The molecule has 0 heterocycles. The van der Waals surface area contributed by atoms with E-state index in [0.29, 0.717) is 11.4 Å². The lowest BCUT2D eigenvalue weighted by Crippen LogP contribution is -2.24. The van der Waals surface area contributed by atoms with Crippen molar-refractivity contribution in [3.63, 3.8) is 0 Å². The quantitative estimate of drug-likeness (QED) is 0.822. The smallest absolute Gasteiger partial charge is 0.242 e. The van der Waals surface area contributed by atoms with Crippen LogP contribution in [0.3, 0.4) is 0 Å². The molecule has 22 heavy (non-hydrogen) atoms. The normalized spacial score (nSPS) is 11.6. The Morgan fingerprint density at radius 3 is 2.23 bits per heavy atom. The minimum atomic E-state index is -3.39. The SMILES string of the molecule is CCN(Cc1cccc(S(=O)(=O)N(C)C)c1)c1ccccc1. The van der Waals surface area contributed by atoms with Crippen LogP contribution in [0, 0.1) is 0 Å². The fourth-order valence-electron chi connectivity index (χ4n) is 2.26. The van der Waals surface area contributed by atoms with Gasteiger partial charge in [-0.1, -0.05) is 30.3 Å². The summed E-state index contributed by atoms with van der Waals surface area (Å²) < 4.78 is 25.7. The Balaban J connectivity index is 2.27. The monoisotopic (exact) mass is 318 g/mol. The van der Waals surface area contributed by atoms with E-state index in [1.54, 1.807) is 32.3 Å². The average molecular weight is 318 g/mol. The maximum absolute atomic E-state index is 12.2. The van der Waals surface area contributed by atoms with Crippen molar-refractivity contribution < 1.29 is 8.42 Å². The van der Waals surface area contributed by atoms with E-state index in [2.05, 4.69) is 24.0 Å². The number of benzene rings is 2. The topological polar surface area (TPSA) is 40.6 Å². The molecule has 0 amide bonds. The highest BCUT2D eigenvalue weighted by atomic mass is 32.2. The van der Waals surface area contributed by atoms with E-state index < -0.39 is 10.0 Å². The van der Waals surface area contributed by atoms with Crippen LogP contribution in [0.4, 0.5) is 5.69 Å². The molecule has 0 aromatic heterocycles. The lowest BCUT2D eigenvalue weighted by molar-refractivity contribution is 0.520. The first kappa shape index (κ1) is 16.5. The van der Waals surface area contributed by atoms with Crippen molar-refractivity contribution >= 4 is 15.7 Å². The zero-order chi connectivity index (χ0) is 16.2. The molecule has 0 N–H and O–H groups in total. The van der Waals surface area contributed by atoms with Gasteiger partial charge in [0.05, 0.1) is 4.90 Å². The lowest BCUT2D eigenvalue weighted by atomic mass is 10.2. The summed E-state index contributed by atoms with van der Waals surface area (Å²) in [5.41, 5.74) is 2.11. The van der Waals surface area contributed by atoms with Gasteiger partial charge in [0, 0.05) is 32.9 Å². The maximum Gasteiger partial charge on any atom is 0.242 e. The van der Waals surface area contributed by atoms with E-state index in [0.717, 1.165) is 17.8 Å². The minimum Gasteiger partial charge on any atom is -0.367 e. The Bertz CT molecular complexity index is 712. The summed E-state index contributed by atoms with van der Waals surface area (Å²) in [6.07, 6.45) is 0. The summed E-state index contributed by atoms with van der Waals surface area (Å²) in [6.45, 7) is 3.62. The van der Waals surface area contributed by atoms with Gasteiger partial charge in [-0.05, 0) is 36.8 Å². The third-order valence-corrected chi connectivity index (χ3v) is 5.36. The van der Waals surface area contributed by atoms with E-state index in [9.17, 15) is 8.42 Å². The van der Waals surface area contributed by atoms with Gasteiger partial charge in [-0.3, -0.25) is 0 Å². The first-order valence-electron chi connectivity index (χ1n) is 7.26. The lowest BCUT2D eigenvalue weighted by Gasteiger charge is -2.23. The van der Waals surface area contributed by atoms with Gasteiger partial charge in [-0.25, -0.2) is 12.7 Å². The van der Waals surface area contributed by atoms with Crippen molar-refractivity contribution in [2.45, 2.75) is 18.4 Å². The van der Waals surface area contributed by atoms with E-state index >= 15 is 0 Å². The van der Waals surface area contributed by atoms with Gasteiger partial charge in [-0.2, -0.15) is 0 Å². The van der Waals surface area contributed by atoms with E-state index in [4.69, 9.17) is 0 Å². The van der Waals surface area contributed by atoms with Crippen LogP contribution in [0.1, 0.15) is 12.5 Å². The third-order valence-electron chi connectivity index (χ3n) is 3.55. The Morgan fingerprint density at radius 1 is 0.955 bits per heavy atom. The molecule has 118 valence electrons. The zero-order valence-electron chi connectivity index (χ0n) is 13.2. The highest BCUT2D eigenvalue weighted by Crippen LogP contribution is 2.19. The summed E-state index contributed by atoms with van der Waals surface area (Å²) in [5, 5.41) is 0. The summed E-state index contributed by atoms with van der Waals surface area (Å²) >= 11 is 0. The van der Waals surface area contributed by atoms with Gasteiger partial charge in [0.1, 0.15) is 0 Å². The molecule has 0 radical (unpaired) electrons. The predicted molar refractivity (Wildman–Crippen MR) is 90.5 cm³/mol. The van der Waals surface area contributed by atoms with Crippen LogP contribution in [-0.2, 0) is 16.6 Å². The van der Waals surface area contributed by atoms with Crippen LogP contribution in [0.25, 0.3) is 0 Å². The van der Waals surface area contributed by atoms with Gasteiger partial charge >= 0.3 is 0 Å². The molecule has 5 heteroatoms. The molecule has 2 aromatic carbocycles. The Labute approximate surface area is 133 Å². The number of anilines is 1. The molecular weight excluding hydrogens is 296 g/mol. The average Bonchev–Trinajstić information content (AvgIpc) is 2.53. The summed E-state index contributed by atoms with van der Waals surface area (Å²) in [7, 11) is -0.300. The van der Waals surface area contributed by atoms with Crippen molar-refractivity contribution in [3.05, 3.63) is 60.2 Å². The van der Waals surface area contributed by atoms with Crippen molar-refractivity contribution in [3.8, 4) is 0 Å². The van der Waals surface area contributed by atoms with Crippen LogP contribution >= 0.6 is 0 Å². The number of hydrogen-bond acceptors (Lipinski definition) is 3. The summed E-state index contributed by atoms with van der Waals surface area (Å²) in [6, 6.07) is 17.3. The minimum absolute atomic E-state index is 0.333. The standard InChI is InChI=1S/C17H22N2O2S/c1-4-19(16-10-6-5-7-11-16)14-15-9-8-12-17(13-15)22(20,21)18(2)3/h5-13H,4,14H2,1-3H3. The molecule has 0 spiro atoms. The Hall–Kier alpha value is -1.85. The second-order valence-corrected chi connectivity index (χ2v) is 7.44. The molecule has 0 aliphatic rings. The molecule has 2 aromatic rings. The largest absolute Gasteiger partial charge is 0.367 e. The molecular formula is C17H22N2O2S. The Morgan fingerprint density at radius 2 is 1.64 bits per heavy atom. The van der Waals surface area contributed by atoms with Gasteiger partial charge < -0.3 is 4.90 Å². The van der Waals surface area contributed by atoms with Crippen LogP contribution in [0.5, 0.6) is 0 Å². The molecule has 0 aliphatic heterocycles. The van der Waals surface area contributed by atoms with Crippen molar-refractivity contribution in [1.29, 1.82) is 0 Å². The molecule has 0 bridgehead atoms. The van der Waals surface area contributed by atoms with Crippen molar-refractivity contribution in [2.75, 3.05) is 25.5 Å². The van der Waals surface area contributed by atoms with Crippen molar-refractivity contribution in [2.24, 2.45) is 0 Å². The Kier molecular flexibility index (Phi) is 5.21.